The number of hydrogen-bond donors (Lipinski definition) is 1. The van der Waals surface area contributed by atoms with Crippen LogP contribution in [0.15, 0.2) is 24.3 Å². The van der Waals surface area contributed by atoms with Crippen molar-refractivity contribution in [2.24, 2.45) is 0 Å². The highest BCUT2D eigenvalue weighted by atomic mass is 16.5. The van der Waals surface area contributed by atoms with Crippen molar-refractivity contribution in [3.8, 4) is 5.75 Å². The fourth-order valence-electron chi connectivity index (χ4n) is 2.76. The minimum absolute atomic E-state index is 0.0713. The number of hydrogen-bond acceptors (Lipinski definition) is 3. The van der Waals surface area contributed by atoms with Crippen LogP contribution in [0.3, 0.4) is 0 Å². The van der Waals surface area contributed by atoms with Gasteiger partial charge < -0.3 is 15.4 Å². The zero-order chi connectivity index (χ0) is 14.4. The van der Waals surface area contributed by atoms with Crippen LogP contribution in [0, 0.1) is 0 Å². The van der Waals surface area contributed by atoms with Gasteiger partial charge in [-0.1, -0.05) is 31.9 Å². The second kappa shape index (κ2) is 7.17. The second-order valence-corrected chi connectivity index (χ2v) is 5.33. The van der Waals surface area contributed by atoms with Crippen molar-refractivity contribution >= 4 is 11.6 Å². The molecule has 0 bridgehead atoms. The van der Waals surface area contributed by atoms with E-state index in [1.54, 1.807) is 12.1 Å². The third-order valence-corrected chi connectivity index (χ3v) is 3.94. The van der Waals surface area contributed by atoms with Crippen LogP contribution >= 0.6 is 0 Å². The van der Waals surface area contributed by atoms with E-state index in [9.17, 15) is 4.79 Å². The van der Waals surface area contributed by atoms with Crippen LogP contribution in [0.1, 0.15) is 39.0 Å². The number of likely N-dealkylation sites (tertiary alicyclic amines) is 1. The van der Waals surface area contributed by atoms with Gasteiger partial charge in [0, 0.05) is 12.6 Å². The van der Waals surface area contributed by atoms with E-state index < -0.39 is 0 Å². The molecular weight excluding hydrogens is 252 g/mol. The fourth-order valence-corrected chi connectivity index (χ4v) is 2.76. The molecule has 0 saturated carbocycles. The number of nitrogen functional groups attached to an aromatic ring is 1. The molecule has 0 radical (unpaired) electrons. The third kappa shape index (κ3) is 3.65. The first-order chi connectivity index (χ1) is 9.72. The van der Waals surface area contributed by atoms with E-state index in [1.807, 2.05) is 17.0 Å². The standard InChI is InChI=1S/C16H24N2O2/c1-2-13-8-4-3-7-11-18(13)16(19)12-20-15-10-6-5-9-14(15)17/h5-6,9-10,13H,2-4,7-8,11-12,17H2,1H3. The van der Waals surface area contributed by atoms with Gasteiger partial charge in [0.2, 0.25) is 0 Å². The summed E-state index contributed by atoms with van der Waals surface area (Å²) in [6.45, 7) is 3.07. The maximum absolute atomic E-state index is 12.4. The van der Waals surface area contributed by atoms with E-state index >= 15 is 0 Å². The summed E-state index contributed by atoms with van der Waals surface area (Å²) in [5.41, 5.74) is 6.39. The molecule has 2 rings (SSSR count). The largest absolute Gasteiger partial charge is 0.482 e. The normalized spacial score (nSPS) is 19.4. The average Bonchev–Trinajstić information content (AvgIpc) is 2.71. The maximum Gasteiger partial charge on any atom is 0.260 e. The Morgan fingerprint density at radius 3 is 2.90 bits per heavy atom. The number of anilines is 1. The Bertz CT molecular complexity index is 448. The molecule has 1 aromatic rings. The number of amides is 1. The van der Waals surface area contributed by atoms with Crippen molar-refractivity contribution in [1.82, 2.24) is 4.90 Å². The van der Waals surface area contributed by atoms with Crippen LogP contribution in [0.4, 0.5) is 5.69 Å². The van der Waals surface area contributed by atoms with Crippen molar-refractivity contribution < 1.29 is 9.53 Å². The van der Waals surface area contributed by atoms with Crippen molar-refractivity contribution in [3.63, 3.8) is 0 Å². The molecular formula is C16H24N2O2. The quantitative estimate of drug-likeness (QED) is 0.860. The Balaban J connectivity index is 1.94. The van der Waals surface area contributed by atoms with Gasteiger partial charge in [-0.05, 0) is 31.4 Å². The number of benzene rings is 1. The number of carbonyl (C=O) groups excluding carboxylic acids is 1. The zero-order valence-corrected chi connectivity index (χ0v) is 12.2. The lowest BCUT2D eigenvalue weighted by Gasteiger charge is -2.29. The van der Waals surface area contributed by atoms with Crippen molar-refractivity contribution in [3.05, 3.63) is 24.3 Å². The first-order valence-electron chi connectivity index (χ1n) is 7.49. The molecule has 0 aliphatic carbocycles. The lowest BCUT2D eigenvalue weighted by Crippen LogP contribution is -2.42. The number of nitrogens with zero attached hydrogens (tertiary/aromatic N) is 1. The van der Waals surface area contributed by atoms with Crippen molar-refractivity contribution in [2.45, 2.75) is 45.1 Å². The van der Waals surface area contributed by atoms with E-state index in [0.29, 0.717) is 17.5 Å². The third-order valence-electron chi connectivity index (χ3n) is 3.94. The van der Waals surface area contributed by atoms with E-state index in [2.05, 4.69) is 6.92 Å². The van der Waals surface area contributed by atoms with Crippen LogP contribution in [0.2, 0.25) is 0 Å². The Labute approximate surface area is 120 Å². The molecule has 0 spiro atoms. The molecule has 1 saturated heterocycles. The molecule has 1 aromatic carbocycles. The molecule has 1 unspecified atom stereocenters. The molecule has 1 fully saturated rings. The predicted octanol–water partition coefficient (Wildman–Crippen LogP) is 2.83. The number of rotatable bonds is 4. The molecule has 1 amide bonds. The number of ether oxygens (including phenoxy) is 1. The molecule has 4 nitrogen and oxygen atoms in total. The van der Waals surface area contributed by atoms with Crippen LogP contribution in [0.5, 0.6) is 5.75 Å². The topological polar surface area (TPSA) is 55.6 Å². The van der Waals surface area contributed by atoms with Gasteiger partial charge in [-0.15, -0.1) is 0 Å². The molecule has 1 atom stereocenters. The van der Waals surface area contributed by atoms with Crippen LogP contribution < -0.4 is 10.5 Å². The van der Waals surface area contributed by atoms with Crippen LogP contribution in [0.25, 0.3) is 0 Å². The van der Waals surface area contributed by atoms with Gasteiger partial charge in [0.05, 0.1) is 5.69 Å². The average molecular weight is 276 g/mol. The zero-order valence-electron chi connectivity index (χ0n) is 12.2. The molecule has 20 heavy (non-hydrogen) atoms. The van der Waals surface area contributed by atoms with Crippen LogP contribution in [-0.2, 0) is 4.79 Å². The highest BCUT2D eigenvalue weighted by Crippen LogP contribution is 2.22. The summed E-state index contributed by atoms with van der Waals surface area (Å²) >= 11 is 0. The first-order valence-corrected chi connectivity index (χ1v) is 7.49. The van der Waals surface area contributed by atoms with E-state index in [1.165, 1.54) is 12.8 Å². The molecule has 110 valence electrons. The minimum Gasteiger partial charge on any atom is -0.482 e. The molecule has 0 aromatic heterocycles. The summed E-state index contributed by atoms with van der Waals surface area (Å²) in [4.78, 5) is 14.4. The lowest BCUT2D eigenvalue weighted by molar-refractivity contribution is -0.135. The SMILES string of the molecule is CCC1CCCCCN1C(=O)COc1ccccc1N. The van der Waals surface area contributed by atoms with Gasteiger partial charge >= 0.3 is 0 Å². The Morgan fingerprint density at radius 2 is 2.15 bits per heavy atom. The summed E-state index contributed by atoms with van der Waals surface area (Å²) in [5, 5.41) is 0. The Hall–Kier alpha value is -1.71. The Morgan fingerprint density at radius 1 is 1.35 bits per heavy atom. The fraction of sp³-hybridized carbons (Fsp3) is 0.562. The highest BCUT2D eigenvalue weighted by molar-refractivity contribution is 5.78. The van der Waals surface area contributed by atoms with Gasteiger partial charge in [0.1, 0.15) is 5.75 Å². The minimum atomic E-state index is 0.0713. The smallest absolute Gasteiger partial charge is 0.260 e. The molecule has 4 heteroatoms. The summed E-state index contributed by atoms with van der Waals surface area (Å²) in [6.07, 6.45) is 5.65. The van der Waals surface area contributed by atoms with Crippen molar-refractivity contribution in [1.29, 1.82) is 0 Å². The van der Waals surface area contributed by atoms with Gasteiger partial charge in [-0.2, -0.15) is 0 Å². The summed E-state index contributed by atoms with van der Waals surface area (Å²) in [6, 6.07) is 7.65. The van der Waals surface area contributed by atoms with E-state index in [0.717, 1.165) is 25.8 Å². The summed E-state index contributed by atoms with van der Waals surface area (Å²) < 4.78 is 5.57. The van der Waals surface area contributed by atoms with Gasteiger partial charge in [0.25, 0.3) is 5.91 Å². The lowest BCUT2D eigenvalue weighted by atomic mass is 10.1. The van der Waals surface area contributed by atoms with Gasteiger partial charge in [-0.3, -0.25) is 4.79 Å². The Kier molecular flexibility index (Phi) is 5.27. The second-order valence-electron chi connectivity index (χ2n) is 5.33. The highest BCUT2D eigenvalue weighted by Gasteiger charge is 2.24. The summed E-state index contributed by atoms with van der Waals surface area (Å²) in [7, 11) is 0. The van der Waals surface area contributed by atoms with E-state index in [4.69, 9.17) is 10.5 Å². The van der Waals surface area contributed by atoms with Crippen LogP contribution in [-0.4, -0.2) is 30.0 Å². The number of carbonyl (C=O) groups is 1. The first kappa shape index (κ1) is 14.7. The van der Waals surface area contributed by atoms with Gasteiger partial charge in [-0.25, -0.2) is 0 Å². The van der Waals surface area contributed by atoms with Crippen molar-refractivity contribution in [2.75, 3.05) is 18.9 Å². The maximum atomic E-state index is 12.4. The predicted molar refractivity (Wildman–Crippen MR) is 80.6 cm³/mol. The molecule has 1 aliphatic heterocycles. The molecule has 2 N–H and O–H groups in total. The number of nitrogens with two attached hydrogens (primary N) is 1. The monoisotopic (exact) mass is 276 g/mol. The van der Waals surface area contributed by atoms with E-state index in [-0.39, 0.29) is 12.5 Å². The molecule has 1 aliphatic rings. The van der Waals surface area contributed by atoms with Gasteiger partial charge in [0.15, 0.2) is 6.61 Å². The number of para-hydroxylation sites is 2. The molecule has 1 heterocycles. The summed E-state index contributed by atoms with van der Waals surface area (Å²) in [5.74, 6) is 0.658.